The summed E-state index contributed by atoms with van der Waals surface area (Å²) in [7, 11) is 0. The van der Waals surface area contributed by atoms with E-state index in [0.29, 0.717) is 30.9 Å². The molecule has 0 heterocycles. The Morgan fingerprint density at radius 1 is 0.805 bits per heavy atom. The summed E-state index contributed by atoms with van der Waals surface area (Å²) < 4.78 is 0. The molecule has 41 heavy (non-hydrogen) atoms. The standard InChI is InChI=1S/C29H49N3O9/c33-25-11-5-20(21(14-25)17-41-39)16-40-31-23-8-3-19(4-9-23)13-18-1-6-22(7-2-18)30-28(34)26-12-10-24(32(37)38)15-27(26)29(35)36/h18-27,31,33,39H,1-17H2,(H,30,34)(H,35,36). The lowest BCUT2D eigenvalue weighted by Gasteiger charge is -2.36. The van der Waals surface area contributed by atoms with Crippen LogP contribution in [-0.2, 0) is 19.3 Å². The van der Waals surface area contributed by atoms with Gasteiger partial charge in [-0.3, -0.25) is 25.0 Å². The minimum atomic E-state index is -1.12. The average molecular weight is 584 g/mol. The number of amides is 1. The number of hydroxylamine groups is 1. The summed E-state index contributed by atoms with van der Waals surface area (Å²) in [5, 5.41) is 42.5. The lowest BCUT2D eigenvalue weighted by molar-refractivity contribution is -0.528. The van der Waals surface area contributed by atoms with Crippen molar-refractivity contribution >= 4 is 11.9 Å². The number of nitrogens with zero attached hydrogens (tertiary/aromatic N) is 1. The van der Waals surface area contributed by atoms with Crippen molar-refractivity contribution in [3.8, 4) is 0 Å². The van der Waals surface area contributed by atoms with Gasteiger partial charge < -0.3 is 20.4 Å². The van der Waals surface area contributed by atoms with E-state index in [1.165, 1.54) is 6.42 Å². The fourth-order valence-electron chi connectivity index (χ4n) is 7.86. The summed E-state index contributed by atoms with van der Waals surface area (Å²) in [6.07, 6.45) is 11.9. The van der Waals surface area contributed by atoms with Crippen LogP contribution in [0.15, 0.2) is 0 Å². The Hall–Kier alpha value is -1.86. The predicted octanol–water partition coefficient (Wildman–Crippen LogP) is 3.54. The zero-order chi connectivity index (χ0) is 29.4. The zero-order valence-corrected chi connectivity index (χ0v) is 24.0. The first kappa shape index (κ1) is 32.1. The molecular weight excluding hydrogens is 534 g/mol. The lowest BCUT2D eigenvalue weighted by atomic mass is 9.75. The van der Waals surface area contributed by atoms with Crippen molar-refractivity contribution in [3.63, 3.8) is 0 Å². The second-order valence-corrected chi connectivity index (χ2v) is 13.2. The smallest absolute Gasteiger partial charge is 0.307 e. The second-order valence-electron chi connectivity index (χ2n) is 13.2. The molecule has 6 atom stereocenters. The van der Waals surface area contributed by atoms with Crippen molar-refractivity contribution in [2.75, 3.05) is 13.2 Å². The molecular formula is C29H49N3O9. The number of carboxylic acids is 1. The number of carbonyl (C=O) groups excluding carboxylic acids is 1. The van der Waals surface area contributed by atoms with Crippen LogP contribution in [0.4, 0.5) is 0 Å². The van der Waals surface area contributed by atoms with E-state index in [1.54, 1.807) is 0 Å². The molecule has 4 fully saturated rings. The topological polar surface area (TPSA) is 180 Å². The summed E-state index contributed by atoms with van der Waals surface area (Å²) in [6, 6.07) is -0.490. The van der Waals surface area contributed by atoms with Crippen molar-refractivity contribution in [1.82, 2.24) is 10.8 Å². The van der Waals surface area contributed by atoms with Crippen LogP contribution >= 0.6 is 0 Å². The van der Waals surface area contributed by atoms with Crippen LogP contribution in [0.25, 0.3) is 0 Å². The van der Waals surface area contributed by atoms with Gasteiger partial charge in [-0.1, -0.05) is 0 Å². The highest BCUT2D eigenvalue weighted by atomic mass is 17.1. The summed E-state index contributed by atoms with van der Waals surface area (Å²) >= 11 is 0. The number of aliphatic hydroxyl groups excluding tert-OH is 1. The van der Waals surface area contributed by atoms with Gasteiger partial charge in [0.05, 0.1) is 31.2 Å². The van der Waals surface area contributed by atoms with Crippen LogP contribution in [0, 0.1) is 45.6 Å². The maximum Gasteiger partial charge on any atom is 0.307 e. The highest BCUT2D eigenvalue weighted by Crippen LogP contribution is 2.37. The molecule has 0 aromatic heterocycles. The molecule has 4 rings (SSSR count). The van der Waals surface area contributed by atoms with E-state index in [0.717, 1.165) is 64.2 Å². The molecule has 0 aromatic rings. The van der Waals surface area contributed by atoms with Crippen molar-refractivity contribution in [3.05, 3.63) is 10.1 Å². The molecule has 0 saturated heterocycles. The molecule has 12 heteroatoms. The Bertz CT molecular complexity index is 860. The minimum absolute atomic E-state index is 0.0504. The molecule has 1 amide bonds. The van der Waals surface area contributed by atoms with Gasteiger partial charge in [0, 0.05) is 29.8 Å². The highest BCUT2D eigenvalue weighted by Gasteiger charge is 2.44. The molecule has 6 unspecified atom stereocenters. The Labute approximate surface area is 242 Å². The number of aliphatic carboxylic acids is 1. The number of aliphatic hydroxyl groups is 1. The normalized spacial score (nSPS) is 38.2. The van der Waals surface area contributed by atoms with E-state index in [1.807, 2.05) is 0 Å². The van der Waals surface area contributed by atoms with E-state index in [-0.39, 0.29) is 55.8 Å². The molecule has 4 aliphatic carbocycles. The van der Waals surface area contributed by atoms with Crippen molar-refractivity contribution < 1.29 is 39.7 Å². The first-order valence-electron chi connectivity index (χ1n) is 15.7. The van der Waals surface area contributed by atoms with E-state index >= 15 is 0 Å². The van der Waals surface area contributed by atoms with Crippen LogP contribution in [0.1, 0.15) is 96.3 Å². The summed E-state index contributed by atoms with van der Waals surface area (Å²) in [5.41, 5.74) is 3.26. The van der Waals surface area contributed by atoms with E-state index < -0.39 is 28.8 Å². The van der Waals surface area contributed by atoms with E-state index in [2.05, 4.69) is 15.7 Å². The number of hydrogen-bond donors (Lipinski definition) is 5. The fraction of sp³-hybridized carbons (Fsp3) is 0.931. The van der Waals surface area contributed by atoms with Crippen LogP contribution in [0.2, 0.25) is 0 Å². The molecule has 4 saturated carbocycles. The molecule has 234 valence electrons. The van der Waals surface area contributed by atoms with Gasteiger partial charge in [-0.25, -0.2) is 4.89 Å². The van der Waals surface area contributed by atoms with Crippen molar-refractivity contribution in [1.29, 1.82) is 0 Å². The van der Waals surface area contributed by atoms with Crippen LogP contribution < -0.4 is 10.8 Å². The summed E-state index contributed by atoms with van der Waals surface area (Å²) in [6.45, 7) is 0.778. The number of nitrogens with one attached hydrogen (secondary N) is 2. The lowest BCUT2D eigenvalue weighted by Crippen LogP contribution is -2.47. The number of carbonyl (C=O) groups is 2. The van der Waals surface area contributed by atoms with E-state index in [9.17, 15) is 29.9 Å². The van der Waals surface area contributed by atoms with Gasteiger partial charge in [-0.2, -0.15) is 5.48 Å². The third-order valence-corrected chi connectivity index (χ3v) is 10.4. The van der Waals surface area contributed by atoms with Crippen molar-refractivity contribution in [2.45, 2.75) is 121 Å². The number of nitro groups is 1. The Morgan fingerprint density at radius 2 is 1.46 bits per heavy atom. The van der Waals surface area contributed by atoms with Crippen LogP contribution in [0.3, 0.4) is 0 Å². The van der Waals surface area contributed by atoms with Gasteiger partial charge in [-0.05, 0) is 107 Å². The SMILES string of the molecule is O=C(O)C1CC([N+](=O)[O-])CCC1C(=O)NC1CCC(CC2CCC(NOCC3CCC(O)CC3COO)CC2)CC1. The second kappa shape index (κ2) is 15.6. The maximum absolute atomic E-state index is 12.9. The first-order chi connectivity index (χ1) is 19.7. The molecule has 4 aliphatic rings. The molecule has 0 bridgehead atoms. The van der Waals surface area contributed by atoms with Crippen LogP contribution in [0.5, 0.6) is 0 Å². The molecule has 12 nitrogen and oxygen atoms in total. The van der Waals surface area contributed by atoms with Gasteiger partial charge in [0.2, 0.25) is 11.9 Å². The zero-order valence-electron chi connectivity index (χ0n) is 24.0. The van der Waals surface area contributed by atoms with Gasteiger partial charge in [0.25, 0.3) is 0 Å². The summed E-state index contributed by atoms with van der Waals surface area (Å²) in [5.74, 6) is -1.37. The minimum Gasteiger partial charge on any atom is -0.481 e. The molecule has 0 radical (unpaired) electrons. The largest absolute Gasteiger partial charge is 0.481 e. The molecule has 0 aromatic carbocycles. The van der Waals surface area contributed by atoms with Crippen molar-refractivity contribution in [2.24, 2.45) is 35.5 Å². The first-order valence-corrected chi connectivity index (χ1v) is 15.7. The predicted molar refractivity (Wildman–Crippen MR) is 148 cm³/mol. The summed E-state index contributed by atoms with van der Waals surface area (Å²) in [4.78, 5) is 45.6. The number of rotatable bonds is 12. The Balaban J connectivity index is 1.10. The van der Waals surface area contributed by atoms with Gasteiger partial charge >= 0.3 is 5.97 Å². The molecule has 5 N–H and O–H groups in total. The quantitative estimate of drug-likeness (QED) is 0.129. The Morgan fingerprint density at radius 3 is 2.07 bits per heavy atom. The number of hydrogen-bond acceptors (Lipinski definition) is 9. The van der Waals surface area contributed by atoms with E-state index in [4.69, 9.17) is 10.1 Å². The Kier molecular flexibility index (Phi) is 12.2. The average Bonchev–Trinajstić information content (AvgIpc) is 2.96. The van der Waals surface area contributed by atoms with Gasteiger partial charge in [-0.15, -0.1) is 0 Å². The third kappa shape index (κ3) is 9.31. The van der Waals surface area contributed by atoms with Gasteiger partial charge in [0.1, 0.15) is 0 Å². The van der Waals surface area contributed by atoms with Gasteiger partial charge in [0.15, 0.2) is 0 Å². The third-order valence-electron chi connectivity index (χ3n) is 10.4. The molecule has 0 spiro atoms. The maximum atomic E-state index is 12.9. The molecule has 0 aliphatic heterocycles. The van der Waals surface area contributed by atoms with Crippen LogP contribution in [-0.4, -0.2) is 69.7 Å². The highest BCUT2D eigenvalue weighted by molar-refractivity contribution is 5.85. The monoisotopic (exact) mass is 583 g/mol. The fourth-order valence-corrected chi connectivity index (χ4v) is 7.86. The number of carboxylic acid groups (broad SMARTS) is 1.